The molecule has 0 aliphatic carbocycles. The number of rotatable bonds is 2. The van der Waals surface area contributed by atoms with Gasteiger partial charge in [-0.1, -0.05) is 36.8 Å². The molecule has 1 aliphatic heterocycles. The van der Waals surface area contributed by atoms with E-state index < -0.39 is 0 Å². The highest BCUT2D eigenvalue weighted by molar-refractivity contribution is 6.67. The van der Waals surface area contributed by atoms with Crippen molar-refractivity contribution in [3.63, 3.8) is 0 Å². The number of para-hydroxylation sites is 1. The molecule has 2 nitrogen and oxygen atoms in total. The second kappa shape index (κ2) is 5.19. The molecule has 0 bridgehead atoms. The predicted molar refractivity (Wildman–Crippen MR) is 73.7 cm³/mol. The van der Waals surface area contributed by atoms with Crippen LogP contribution in [0.25, 0.3) is 0 Å². The number of ether oxygens (including phenoxy) is 1. The largest absolute Gasteiger partial charge is 0.496 e. The number of benzene rings is 1. The van der Waals surface area contributed by atoms with Gasteiger partial charge in [-0.3, -0.25) is 0 Å². The number of nitrogens with zero attached hydrogens (tertiary/aromatic N) is 1. The lowest BCUT2D eigenvalue weighted by Gasteiger charge is -2.34. The van der Waals surface area contributed by atoms with Crippen LogP contribution in [0.1, 0.15) is 18.4 Å². The molecule has 2 rings (SSSR count). The van der Waals surface area contributed by atoms with E-state index >= 15 is 0 Å². The second-order valence-corrected chi connectivity index (χ2v) is 4.83. The molecule has 1 saturated heterocycles. The molecule has 1 heterocycles. The van der Waals surface area contributed by atoms with Crippen molar-refractivity contribution in [1.29, 1.82) is 5.26 Å². The van der Waals surface area contributed by atoms with E-state index in [-0.39, 0.29) is 12.1 Å². The van der Waals surface area contributed by atoms with Crippen LogP contribution < -0.4 is 4.74 Å². The van der Waals surface area contributed by atoms with Gasteiger partial charge >= 0.3 is 0 Å². The van der Waals surface area contributed by atoms with Gasteiger partial charge in [0.25, 0.3) is 6.71 Å². The van der Waals surface area contributed by atoms with Crippen molar-refractivity contribution in [3.8, 4) is 24.1 Å². The maximum atomic E-state index is 8.98. The van der Waals surface area contributed by atoms with Crippen LogP contribution in [0.3, 0.4) is 0 Å². The molecule has 0 saturated carbocycles. The maximum Gasteiger partial charge on any atom is 0.267 e. The monoisotopic (exact) mass is 237 g/mol. The van der Waals surface area contributed by atoms with Crippen LogP contribution in [0.5, 0.6) is 5.75 Å². The molecular weight excluding hydrogens is 221 g/mol. The lowest BCUT2D eigenvalue weighted by molar-refractivity contribution is 0.389. The standard InChI is InChI=1S/C15H16BNO/c1-3-15(8-10-16(12-17)11-9-15)13-6-4-5-7-14(13)18-2/h1,4-7H,8-11H2,2H3. The quantitative estimate of drug-likeness (QED) is 0.585. The molecule has 0 aromatic heterocycles. The molecule has 0 N–H and O–H groups in total. The summed E-state index contributed by atoms with van der Waals surface area (Å²) in [7, 11) is 1.67. The van der Waals surface area contributed by atoms with Crippen molar-refractivity contribution >= 4 is 6.71 Å². The minimum Gasteiger partial charge on any atom is -0.496 e. The van der Waals surface area contributed by atoms with Crippen molar-refractivity contribution in [1.82, 2.24) is 0 Å². The molecule has 3 heteroatoms. The van der Waals surface area contributed by atoms with Gasteiger partial charge in [0.05, 0.1) is 12.5 Å². The van der Waals surface area contributed by atoms with Gasteiger partial charge in [-0.2, -0.15) is 0 Å². The van der Waals surface area contributed by atoms with Crippen molar-refractivity contribution < 1.29 is 4.74 Å². The van der Waals surface area contributed by atoms with Gasteiger partial charge in [0, 0.05) is 11.5 Å². The summed E-state index contributed by atoms with van der Waals surface area (Å²) in [6.07, 6.45) is 9.27. The zero-order chi connectivity index (χ0) is 13.0. The molecule has 1 aliphatic rings. The van der Waals surface area contributed by atoms with Crippen LogP contribution in [0.2, 0.25) is 12.6 Å². The SMILES string of the molecule is C#CC1(c2ccccc2OC)CCB(C#N)CC1. The Kier molecular flexibility index (Phi) is 3.63. The first kappa shape index (κ1) is 12.6. The molecule has 1 aromatic carbocycles. The van der Waals surface area contributed by atoms with Crippen molar-refractivity contribution in [3.05, 3.63) is 29.8 Å². The Morgan fingerprint density at radius 3 is 2.56 bits per heavy atom. The van der Waals surface area contributed by atoms with Crippen LogP contribution in [-0.2, 0) is 5.41 Å². The minimum atomic E-state index is -0.264. The van der Waals surface area contributed by atoms with Crippen molar-refractivity contribution in [2.45, 2.75) is 30.9 Å². The van der Waals surface area contributed by atoms with Crippen molar-refractivity contribution in [2.75, 3.05) is 7.11 Å². The molecule has 90 valence electrons. The minimum absolute atomic E-state index is 0.154. The highest BCUT2D eigenvalue weighted by atomic mass is 16.5. The second-order valence-electron chi connectivity index (χ2n) is 4.83. The number of nitriles is 1. The van der Waals surface area contributed by atoms with Gasteiger partial charge in [-0.25, -0.2) is 5.26 Å². The van der Waals surface area contributed by atoms with Crippen LogP contribution in [0, 0.1) is 23.6 Å². The normalized spacial score (nSPS) is 17.6. The average Bonchev–Trinajstić information content (AvgIpc) is 2.47. The number of terminal acetylenes is 1. The lowest BCUT2D eigenvalue weighted by Crippen LogP contribution is -2.33. The number of methoxy groups -OCH3 is 1. The first-order chi connectivity index (χ1) is 8.75. The smallest absolute Gasteiger partial charge is 0.267 e. The average molecular weight is 237 g/mol. The van der Waals surface area contributed by atoms with Gasteiger partial charge in [0.15, 0.2) is 0 Å². The molecule has 0 spiro atoms. The summed E-state index contributed by atoms with van der Waals surface area (Å²) in [6, 6.07) is 7.94. The molecule has 18 heavy (non-hydrogen) atoms. The summed E-state index contributed by atoms with van der Waals surface area (Å²) in [4.78, 5) is 0. The molecule has 0 atom stereocenters. The Morgan fingerprint density at radius 1 is 1.33 bits per heavy atom. The van der Waals surface area contributed by atoms with Gasteiger partial charge in [0.2, 0.25) is 0 Å². The Morgan fingerprint density at radius 2 is 2.00 bits per heavy atom. The van der Waals surface area contributed by atoms with E-state index in [0.29, 0.717) is 0 Å². The van der Waals surface area contributed by atoms with Gasteiger partial charge < -0.3 is 4.74 Å². The number of hydrogen-bond acceptors (Lipinski definition) is 2. The summed E-state index contributed by atoms with van der Waals surface area (Å²) in [5.41, 5.74) is 0.825. The Labute approximate surface area is 109 Å². The molecular formula is C15H16BNO. The van der Waals surface area contributed by atoms with E-state index in [1.807, 2.05) is 24.3 Å². The molecule has 1 aromatic rings. The fourth-order valence-corrected chi connectivity index (χ4v) is 2.77. The Bertz CT molecular complexity index is 504. The number of hydrogen-bond donors (Lipinski definition) is 0. The topological polar surface area (TPSA) is 33.0 Å². The fourth-order valence-electron chi connectivity index (χ4n) is 2.77. The predicted octanol–water partition coefficient (Wildman–Crippen LogP) is 2.92. The molecule has 0 radical (unpaired) electrons. The van der Waals surface area contributed by atoms with Crippen LogP contribution >= 0.6 is 0 Å². The van der Waals surface area contributed by atoms with Gasteiger partial charge in [-0.05, 0) is 18.9 Å². The van der Waals surface area contributed by atoms with Crippen LogP contribution in [0.15, 0.2) is 24.3 Å². The summed E-state index contributed by atoms with van der Waals surface area (Å²) < 4.78 is 5.42. The van der Waals surface area contributed by atoms with Crippen LogP contribution in [0.4, 0.5) is 0 Å². The summed E-state index contributed by atoms with van der Waals surface area (Å²) in [6.45, 7) is 0.154. The highest BCUT2D eigenvalue weighted by Gasteiger charge is 2.38. The van der Waals surface area contributed by atoms with Crippen molar-refractivity contribution in [2.24, 2.45) is 0 Å². The first-order valence-corrected chi connectivity index (χ1v) is 6.26. The van der Waals surface area contributed by atoms with E-state index in [4.69, 9.17) is 16.4 Å². The van der Waals surface area contributed by atoms with E-state index in [0.717, 1.165) is 36.8 Å². The summed E-state index contributed by atoms with van der Waals surface area (Å²) in [5, 5.41) is 8.98. The summed E-state index contributed by atoms with van der Waals surface area (Å²) >= 11 is 0. The van der Waals surface area contributed by atoms with E-state index in [1.165, 1.54) is 0 Å². The Balaban J connectivity index is 2.35. The third kappa shape index (κ3) is 2.09. The fraction of sp³-hybridized carbons (Fsp3) is 0.400. The van der Waals surface area contributed by atoms with Gasteiger partial charge in [-0.15, -0.1) is 6.42 Å². The maximum absolute atomic E-state index is 8.98. The van der Waals surface area contributed by atoms with E-state index in [2.05, 4.69) is 11.9 Å². The van der Waals surface area contributed by atoms with E-state index in [9.17, 15) is 0 Å². The first-order valence-electron chi connectivity index (χ1n) is 6.26. The van der Waals surface area contributed by atoms with E-state index in [1.54, 1.807) is 7.11 Å². The van der Waals surface area contributed by atoms with Crippen LogP contribution in [-0.4, -0.2) is 13.8 Å². The molecule has 1 fully saturated rings. The zero-order valence-corrected chi connectivity index (χ0v) is 10.6. The third-order valence-corrected chi connectivity index (χ3v) is 3.92. The van der Waals surface area contributed by atoms with Gasteiger partial charge in [0.1, 0.15) is 5.75 Å². The lowest BCUT2D eigenvalue weighted by atomic mass is 9.39. The zero-order valence-electron chi connectivity index (χ0n) is 10.6. The highest BCUT2D eigenvalue weighted by Crippen LogP contribution is 2.43. The Hall–Kier alpha value is -1.87. The molecule has 0 unspecified atom stereocenters. The molecule has 0 amide bonds. The third-order valence-electron chi connectivity index (χ3n) is 3.92. The summed E-state index contributed by atoms with van der Waals surface area (Å²) in [5.74, 6) is 6.16.